The van der Waals surface area contributed by atoms with Crippen molar-refractivity contribution in [2.75, 3.05) is 0 Å². The Morgan fingerprint density at radius 3 is 2.17 bits per heavy atom. The number of rotatable bonds is 3. The molecule has 0 aliphatic carbocycles. The van der Waals surface area contributed by atoms with Crippen molar-refractivity contribution in [1.82, 2.24) is 0 Å². The highest BCUT2D eigenvalue weighted by molar-refractivity contribution is 5.25. The molecule has 0 heterocycles. The van der Waals surface area contributed by atoms with E-state index in [1.54, 1.807) is 0 Å². The van der Waals surface area contributed by atoms with Gasteiger partial charge in [-0.2, -0.15) is 0 Å². The van der Waals surface area contributed by atoms with Crippen LogP contribution in [-0.4, -0.2) is 0 Å². The van der Waals surface area contributed by atoms with Crippen LogP contribution in [0.5, 0.6) is 0 Å². The van der Waals surface area contributed by atoms with E-state index in [9.17, 15) is 0 Å². The van der Waals surface area contributed by atoms with Gasteiger partial charge in [0.15, 0.2) is 0 Å². The molecule has 0 amide bonds. The van der Waals surface area contributed by atoms with Crippen LogP contribution in [0.15, 0.2) is 35.5 Å². The molecule has 0 nitrogen and oxygen atoms in total. The van der Waals surface area contributed by atoms with Crippen molar-refractivity contribution in [3.8, 4) is 0 Å². The molecule has 0 fully saturated rings. The fourth-order valence-corrected chi connectivity index (χ4v) is 0.822. The standard InChI is InChI=1S/C12H20/c1-6-7-8-11(4)9-12(5)10(2)3/h6-10H,1-5H3/b7-6+,11-8-,12-9+. The second kappa shape index (κ2) is 5.82. The van der Waals surface area contributed by atoms with Gasteiger partial charge in [0.25, 0.3) is 0 Å². The fraction of sp³-hybridized carbons (Fsp3) is 0.500. The maximum absolute atomic E-state index is 2.24. The summed E-state index contributed by atoms with van der Waals surface area (Å²) < 4.78 is 0. The molecule has 68 valence electrons. The molecule has 0 heteroatoms. The maximum atomic E-state index is 2.24. The zero-order valence-corrected chi connectivity index (χ0v) is 8.89. The molecule has 0 aromatic heterocycles. The van der Waals surface area contributed by atoms with E-state index in [2.05, 4.69) is 45.9 Å². The molecular formula is C12H20. The minimum Gasteiger partial charge on any atom is -0.0877 e. The number of hydrogen-bond donors (Lipinski definition) is 0. The summed E-state index contributed by atoms with van der Waals surface area (Å²) in [5, 5.41) is 0. The lowest BCUT2D eigenvalue weighted by Crippen LogP contribution is -1.88. The minimum absolute atomic E-state index is 0.652. The Balaban J connectivity index is 4.32. The van der Waals surface area contributed by atoms with Gasteiger partial charge in [-0.25, -0.2) is 0 Å². The van der Waals surface area contributed by atoms with Crippen LogP contribution in [0.2, 0.25) is 0 Å². The summed E-state index contributed by atoms with van der Waals surface area (Å²) in [5.41, 5.74) is 2.76. The predicted octanol–water partition coefficient (Wildman–Crippen LogP) is 4.11. The van der Waals surface area contributed by atoms with Gasteiger partial charge in [0.1, 0.15) is 0 Å². The quantitative estimate of drug-likeness (QED) is 0.551. The summed E-state index contributed by atoms with van der Waals surface area (Å²) in [6.07, 6.45) is 8.48. The van der Waals surface area contributed by atoms with E-state index >= 15 is 0 Å². The summed E-state index contributed by atoms with van der Waals surface area (Å²) >= 11 is 0. The van der Waals surface area contributed by atoms with E-state index in [4.69, 9.17) is 0 Å². The number of hydrogen-bond acceptors (Lipinski definition) is 0. The topological polar surface area (TPSA) is 0 Å². The van der Waals surface area contributed by atoms with Crippen molar-refractivity contribution in [2.45, 2.75) is 34.6 Å². The zero-order valence-electron chi connectivity index (χ0n) is 8.89. The van der Waals surface area contributed by atoms with Gasteiger partial charge < -0.3 is 0 Å². The van der Waals surface area contributed by atoms with E-state index in [0.717, 1.165) is 0 Å². The molecule has 0 bridgehead atoms. The van der Waals surface area contributed by atoms with Crippen molar-refractivity contribution in [3.05, 3.63) is 35.5 Å². The van der Waals surface area contributed by atoms with E-state index in [0.29, 0.717) is 5.92 Å². The van der Waals surface area contributed by atoms with Crippen LogP contribution in [-0.2, 0) is 0 Å². The molecule has 0 aliphatic rings. The Hall–Kier alpha value is -0.780. The average Bonchev–Trinajstić information content (AvgIpc) is 2.00. The van der Waals surface area contributed by atoms with E-state index in [1.165, 1.54) is 11.1 Å². The molecule has 0 saturated heterocycles. The van der Waals surface area contributed by atoms with Crippen LogP contribution < -0.4 is 0 Å². The van der Waals surface area contributed by atoms with Gasteiger partial charge in [-0.05, 0) is 26.7 Å². The van der Waals surface area contributed by atoms with E-state index < -0.39 is 0 Å². The fourth-order valence-electron chi connectivity index (χ4n) is 0.822. The third kappa shape index (κ3) is 4.95. The van der Waals surface area contributed by atoms with Gasteiger partial charge in [0.2, 0.25) is 0 Å². The molecule has 0 aromatic carbocycles. The van der Waals surface area contributed by atoms with Crippen LogP contribution in [0.25, 0.3) is 0 Å². The summed E-state index contributed by atoms with van der Waals surface area (Å²) in [6.45, 7) is 10.8. The molecular weight excluding hydrogens is 144 g/mol. The molecule has 0 saturated carbocycles. The summed E-state index contributed by atoms with van der Waals surface area (Å²) in [7, 11) is 0. The average molecular weight is 164 g/mol. The van der Waals surface area contributed by atoms with E-state index in [1.807, 2.05) is 13.0 Å². The Bertz CT molecular complexity index is 202. The normalized spacial score (nSPS) is 14.8. The van der Waals surface area contributed by atoms with Crippen LogP contribution in [0.1, 0.15) is 34.6 Å². The van der Waals surface area contributed by atoms with Crippen molar-refractivity contribution in [1.29, 1.82) is 0 Å². The first-order chi connectivity index (χ1) is 5.57. The molecule has 12 heavy (non-hydrogen) atoms. The third-order valence-corrected chi connectivity index (χ3v) is 1.92. The maximum Gasteiger partial charge on any atom is -0.0260 e. The van der Waals surface area contributed by atoms with Gasteiger partial charge in [-0.15, -0.1) is 0 Å². The first-order valence-electron chi connectivity index (χ1n) is 4.55. The Kier molecular flexibility index (Phi) is 5.44. The van der Waals surface area contributed by atoms with Crippen LogP contribution in [0, 0.1) is 5.92 Å². The first kappa shape index (κ1) is 11.2. The van der Waals surface area contributed by atoms with Gasteiger partial charge >= 0.3 is 0 Å². The van der Waals surface area contributed by atoms with Gasteiger partial charge in [-0.3, -0.25) is 0 Å². The molecule has 0 N–H and O–H groups in total. The lowest BCUT2D eigenvalue weighted by Gasteiger charge is -2.04. The number of allylic oxidation sites excluding steroid dienone is 6. The lowest BCUT2D eigenvalue weighted by molar-refractivity contribution is 0.768. The third-order valence-electron chi connectivity index (χ3n) is 1.92. The Labute approximate surface area is 76.7 Å². The van der Waals surface area contributed by atoms with Crippen LogP contribution >= 0.6 is 0 Å². The molecule has 0 rings (SSSR count). The lowest BCUT2D eigenvalue weighted by atomic mass is 10.0. The van der Waals surface area contributed by atoms with Gasteiger partial charge in [-0.1, -0.05) is 49.3 Å². The highest BCUT2D eigenvalue weighted by atomic mass is 14.0. The first-order valence-corrected chi connectivity index (χ1v) is 4.55. The molecule has 0 spiro atoms. The van der Waals surface area contributed by atoms with Gasteiger partial charge in [0, 0.05) is 0 Å². The smallest absolute Gasteiger partial charge is 0.0260 e. The minimum atomic E-state index is 0.652. The highest BCUT2D eigenvalue weighted by Crippen LogP contribution is 2.10. The Morgan fingerprint density at radius 2 is 1.75 bits per heavy atom. The molecule has 0 unspecified atom stereocenters. The van der Waals surface area contributed by atoms with Crippen molar-refractivity contribution in [2.24, 2.45) is 5.92 Å². The second-order valence-corrected chi connectivity index (χ2v) is 3.48. The molecule has 0 aromatic rings. The van der Waals surface area contributed by atoms with Crippen molar-refractivity contribution < 1.29 is 0 Å². The summed E-state index contributed by atoms with van der Waals surface area (Å²) in [6, 6.07) is 0. The van der Waals surface area contributed by atoms with Crippen molar-refractivity contribution in [3.63, 3.8) is 0 Å². The molecule has 0 atom stereocenters. The van der Waals surface area contributed by atoms with E-state index in [-0.39, 0.29) is 0 Å². The van der Waals surface area contributed by atoms with Crippen LogP contribution in [0.3, 0.4) is 0 Å². The van der Waals surface area contributed by atoms with Crippen LogP contribution in [0.4, 0.5) is 0 Å². The summed E-state index contributed by atoms with van der Waals surface area (Å²) in [4.78, 5) is 0. The van der Waals surface area contributed by atoms with Gasteiger partial charge in [0.05, 0.1) is 0 Å². The summed E-state index contributed by atoms with van der Waals surface area (Å²) in [5.74, 6) is 0.652. The largest absolute Gasteiger partial charge is 0.0877 e. The van der Waals surface area contributed by atoms with Crippen molar-refractivity contribution >= 4 is 0 Å². The second-order valence-electron chi connectivity index (χ2n) is 3.48. The zero-order chi connectivity index (χ0) is 9.56. The predicted molar refractivity (Wildman–Crippen MR) is 57.2 cm³/mol. The monoisotopic (exact) mass is 164 g/mol. The SMILES string of the molecule is C/C=C/C=C(C)\C=C(/C)C(C)C. The molecule has 0 aliphatic heterocycles. The Morgan fingerprint density at radius 1 is 1.17 bits per heavy atom. The molecule has 0 radical (unpaired) electrons. The highest BCUT2D eigenvalue weighted by Gasteiger charge is 1.94.